The first-order valence-corrected chi connectivity index (χ1v) is 7.85. The zero-order valence-electron chi connectivity index (χ0n) is 13.3. The third-order valence-electron chi connectivity index (χ3n) is 3.39. The number of carbonyl (C=O) groups is 1. The van der Waals surface area contributed by atoms with Gasteiger partial charge in [-0.05, 0) is 18.2 Å². The lowest BCUT2D eigenvalue weighted by atomic mass is 10.2. The van der Waals surface area contributed by atoms with Crippen LogP contribution in [0, 0.1) is 0 Å². The van der Waals surface area contributed by atoms with Gasteiger partial charge in [0.2, 0.25) is 0 Å². The van der Waals surface area contributed by atoms with E-state index in [1.54, 1.807) is 0 Å². The van der Waals surface area contributed by atoms with Crippen molar-refractivity contribution in [2.75, 3.05) is 12.8 Å². The molecule has 3 rings (SSSR count). The Labute approximate surface area is 159 Å². The second kappa shape index (κ2) is 6.78. The minimum Gasteiger partial charge on any atom is -0.494 e. The lowest BCUT2D eigenvalue weighted by Gasteiger charge is -2.14. The summed E-state index contributed by atoms with van der Waals surface area (Å²) < 4.78 is 45.2. The van der Waals surface area contributed by atoms with Crippen molar-refractivity contribution < 1.29 is 27.5 Å². The summed E-state index contributed by atoms with van der Waals surface area (Å²) in [7, 11) is 1.21. The second-order valence-electron chi connectivity index (χ2n) is 5.16. The molecule has 7 nitrogen and oxygen atoms in total. The van der Waals surface area contributed by atoms with E-state index in [-0.39, 0.29) is 42.9 Å². The summed E-state index contributed by atoms with van der Waals surface area (Å²) in [4.78, 5) is 24.5. The quantitative estimate of drug-likeness (QED) is 0.695. The van der Waals surface area contributed by atoms with Gasteiger partial charge in [-0.2, -0.15) is 13.2 Å². The van der Waals surface area contributed by atoms with Crippen LogP contribution < -0.4 is 15.3 Å². The number of aromatic nitrogens is 3. The van der Waals surface area contributed by atoms with Crippen molar-refractivity contribution in [1.82, 2.24) is 14.7 Å². The molecule has 0 aliphatic heterocycles. The fraction of sp³-hybridized carbons (Fsp3) is 0.133. The average molecular weight is 421 g/mol. The topological polar surface area (TPSA) is 92.3 Å². The number of nitrogen functional groups attached to an aromatic ring is 1. The number of nitrogens with two attached hydrogens (primary N) is 1. The Bertz CT molecular complexity index is 1050. The van der Waals surface area contributed by atoms with Crippen LogP contribution in [0.4, 0.5) is 18.9 Å². The number of hydrogen-bond donors (Lipinski definition) is 1. The Morgan fingerprint density at radius 2 is 1.93 bits per heavy atom. The smallest absolute Gasteiger partial charge is 0.453 e. The Morgan fingerprint density at radius 3 is 2.56 bits per heavy atom. The normalized spacial score (nSPS) is 11.6. The molecule has 0 fully saturated rings. The van der Waals surface area contributed by atoms with E-state index in [9.17, 15) is 18.0 Å². The van der Waals surface area contributed by atoms with Crippen molar-refractivity contribution in [1.29, 1.82) is 0 Å². The van der Waals surface area contributed by atoms with E-state index >= 15 is 0 Å². The summed E-state index contributed by atoms with van der Waals surface area (Å²) in [6.45, 7) is 0. The minimum absolute atomic E-state index is 0.0197. The molecular formula is C15H9Cl2F3N4O3. The predicted octanol–water partition coefficient (Wildman–Crippen LogP) is 3.62. The third kappa shape index (κ3) is 3.45. The van der Waals surface area contributed by atoms with Gasteiger partial charge >= 0.3 is 12.1 Å². The first kappa shape index (κ1) is 19.1. The molecule has 0 bridgehead atoms. The number of rotatable bonds is 3. The monoisotopic (exact) mass is 420 g/mol. The number of imidazole rings is 1. The van der Waals surface area contributed by atoms with Gasteiger partial charge in [-0.15, -0.1) is 4.73 Å². The number of methoxy groups -OCH3 is 1. The highest BCUT2D eigenvalue weighted by Gasteiger charge is 2.40. The van der Waals surface area contributed by atoms with Crippen molar-refractivity contribution in [3.63, 3.8) is 0 Å². The number of halogens is 5. The van der Waals surface area contributed by atoms with E-state index in [4.69, 9.17) is 38.5 Å². The number of alkyl halides is 3. The molecule has 142 valence electrons. The lowest BCUT2D eigenvalue weighted by Crippen LogP contribution is -2.26. The molecule has 3 aromatic rings. The van der Waals surface area contributed by atoms with Gasteiger partial charge in [0.1, 0.15) is 11.1 Å². The van der Waals surface area contributed by atoms with Gasteiger partial charge in [-0.3, -0.25) is 0 Å². The largest absolute Gasteiger partial charge is 0.494 e. The molecule has 0 saturated carbocycles. The van der Waals surface area contributed by atoms with E-state index in [0.29, 0.717) is 0 Å². The Balaban J connectivity index is 2.16. The number of anilines is 1. The Hall–Kier alpha value is -2.72. The Kier molecular flexibility index (Phi) is 4.79. The van der Waals surface area contributed by atoms with Gasteiger partial charge in [0.15, 0.2) is 11.4 Å². The van der Waals surface area contributed by atoms with E-state index in [1.807, 2.05) is 0 Å². The van der Waals surface area contributed by atoms with E-state index in [1.165, 1.54) is 19.2 Å². The maximum Gasteiger partial charge on any atom is 0.453 e. The van der Waals surface area contributed by atoms with E-state index < -0.39 is 18.0 Å². The van der Waals surface area contributed by atoms with Crippen LogP contribution in [0.15, 0.2) is 24.4 Å². The van der Waals surface area contributed by atoms with Crippen LogP contribution >= 0.6 is 23.2 Å². The van der Waals surface area contributed by atoms with Gasteiger partial charge < -0.3 is 15.3 Å². The first-order chi connectivity index (χ1) is 12.6. The molecule has 1 aromatic carbocycles. The maximum absolute atomic E-state index is 13.3. The van der Waals surface area contributed by atoms with Gasteiger partial charge in [-0.1, -0.05) is 23.2 Å². The van der Waals surface area contributed by atoms with Crippen LogP contribution in [0.1, 0.15) is 16.2 Å². The second-order valence-corrected chi connectivity index (χ2v) is 5.97. The van der Waals surface area contributed by atoms with Crippen molar-refractivity contribution in [3.05, 3.63) is 45.8 Å². The van der Waals surface area contributed by atoms with E-state index in [0.717, 1.165) is 12.3 Å². The fourth-order valence-corrected chi connectivity index (χ4v) is 2.74. The summed E-state index contributed by atoms with van der Waals surface area (Å²) in [6.07, 6.45) is -3.81. The SMILES string of the molecule is COc1c(Cl)ccc(Cl)c1C(=O)On1c(C(F)(F)F)nc2ncc(N)cc21. The number of hydrogen-bond acceptors (Lipinski definition) is 6. The molecule has 0 spiro atoms. The molecule has 2 aromatic heterocycles. The number of pyridine rings is 1. The number of fused-ring (bicyclic) bond motifs is 1. The summed E-state index contributed by atoms with van der Waals surface area (Å²) in [6, 6.07) is 3.77. The standard InChI is InChI=1S/C15H9Cl2F3N4O3/c1-26-11-8(17)3-2-7(16)10(11)13(25)27-24-9-4-6(21)5-22-12(9)23-14(24)15(18,19)20/h2-5H,21H2,1H3. The summed E-state index contributed by atoms with van der Waals surface area (Å²) in [5.74, 6) is -2.89. The zero-order chi connectivity index (χ0) is 19.9. The molecule has 0 saturated heterocycles. The highest BCUT2D eigenvalue weighted by molar-refractivity contribution is 6.37. The van der Waals surface area contributed by atoms with Gasteiger partial charge in [0.05, 0.1) is 29.0 Å². The summed E-state index contributed by atoms with van der Waals surface area (Å²) >= 11 is 11.9. The van der Waals surface area contributed by atoms with Gasteiger partial charge in [0.25, 0.3) is 5.82 Å². The molecular weight excluding hydrogens is 412 g/mol. The minimum atomic E-state index is -4.93. The molecule has 12 heteroatoms. The van der Waals surface area contributed by atoms with Crippen LogP contribution in [0.2, 0.25) is 10.0 Å². The van der Waals surface area contributed by atoms with Crippen LogP contribution in [0.25, 0.3) is 11.2 Å². The van der Waals surface area contributed by atoms with Gasteiger partial charge in [-0.25, -0.2) is 14.8 Å². The zero-order valence-corrected chi connectivity index (χ0v) is 14.9. The maximum atomic E-state index is 13.3. The highest BCUT2D eigenvalue weighted by Crippen LogP contribution is 2.35. The highest BCUT2D eigenvalue weighted by atomic mass is 35.5. The van der Waals surface area contributed by atoms with Crippen LogP contribution in [0.5, 0.6) is 5.75 Å². The molecule has 2 heterocycles. The van der Waals surface area contributed by atoms with Crippen molar-refractivity contribution in [3.8, 4) is 5.75 Å². The van der Waals surface area contributed by atoms with Crippen molar-refractivity contribution >= 4 is 46.0 Å². The van der Waals surface area contributed by atoms with Gasteiger partial charge in [0, 0.05) is 0 Å². The van der Waals surface area contributed by atoms with Crippen LogP contribution in [-0.2, 0) is 6.18 Å². The van der Waals surface area contributed by atoms with Crippen molar-refractivity contribution in [2.45, 2.75) is 6.18 Å². The van der Waals surface area contributed by atoms with Crippen LogP contribution in [0.3, 0.4) is 0 Å². The number of nitrogens with zero attached hydrogens (tertiary/aromatic N) is 3. The fourth-order valence-electron chi connectivity index (χ4n) is 2.28. The van der Waals surface area contributed by atoms with Crippen LogP contribution in [-0.4, -0.2) is 27.8 Å². The first-order valence-electron chi connectivity index (χ1n) is 7.09. The number of carbonyl (C=O) groups excluding carboxylic acids is 1. The predicted molar refractivity (Wildman–Crippen MR) is 90.9 cm³/mol. The molecule has 0 atom stereocenters. The van der Waals surface area contributed by atoms with Crippen molar-refractivity contribution in [2.24, 2.45) is 0 Å². The summed E-state index contributed by atoms with van der Waals surface area (Å²) in [5, 5.41) is -0.108. The molecule has 0 amide bonds. The molecule has 0 radical (unpaired) electrons. The average Bonchev–Trinajstić information content (AvgIpc) is 2.94. The lowest BCUT2D eigenvalue weighted by molar-refractivity contribution is -0.152. The molecule has 0 aliphatic rings. The third-order valence-corrected chi connectivity index (χ3v) is 4.00. The number of ether oxygens (including phenoxy) is 1. The van der Waals surface area contributed by atoms with E-state index in [2.05, 4.69) is 9.97 Å². The Morgan fingerprint density at radius 1 is 1.26 bits per heavy atom. The molecule has 0 unspecified atom stereocenters. The molecule has 27 heavy (non-hydrogen) atoms. The molecule has 2 N–H and O–H groups in total. The summed E-state index contributed by atoms with van der Waals surface area (Å²) in [5.41, 5.74) is 4.69. The number of benzene rings is 1. The molecule has 0 aliphatic carbocycles.